The Kier molecular flexibility index (Phi) is 14.7. The summed E-state index contributed by atoms with van der Waals surface area (Å²) in [6, 6.07) is 0.422. The molecule has 0 saturated carbocycles. The zero-order valence-electron chi connectivity index (χ0n) is 19.0. The fraction of sp³-hybridized carbons (Fsp3) is 0.900. The van der Waals surface area contributed by atoms with E-state index in [2.05, 4.69) is 26.0 Å². The lowest BCUT2D eigenvalue weighted by Gasteiger charge is -2.16. The quantitative estimate of drug-likeness (QED) is 0.0764. The van der Waals surface area contributed by atoms with E-state index in [1.165, 1.54) is 0 Å². The molecule has 0 aliphatic carbocycles. The van der Waals surface area contributed by atoms with Crippen molar-refractivity contribution in [1.82, 2.24) is 16.0 Å². The number of carbonyl (C=O) groups is 2. The molecule has 3 N–H and O–H groups in total. The molecule has 12 nitrogen and oxygen atoms in total. The van der Waals surface area contributed by atoms with Crippen LogP contribution in [0.4, 0.5) is 4.79 Å². The van der Waals surface area contributed by atoms with E-state index in [-0.39, 0.29) is 24.0 Å². The summed E-state index contributed by atoms with van der Waals surface area (Å²) < 4.78 is 21.4. The van der Waals surface area contributed by atoms with E-state index < -0.39 is 0 Å². The van der Waals surface area contributed by atoms with Crippen molar-refractivity contribution in [2.45, 2.75) is 43.0 Å². The SMILES string of the molecule is [N-]=[N+]=NCCOCCOCCOCCOCCNC(=O)CCCC[C@H]1SC[C@@H]2NC(=O)N[C@H]21. The van der Waals surface area contributed by atoms with Crippen molar-refractivity contribution >= 4 is 23.7 Å². The Labute approximate surface area is 198 Å². The van der Waals surface area contributed by atoms with Crippen molar-refractivity contribution in [3.63, 3.8) is 0 Å². The van der Waals surface area contributed by atoms with Gasteiger partial charge in [-0.2, -0.15) is 11.8 Å². The predicted molar refractivity (Wildman–Crippen MR) is 124 cm³/mol. The Morgan fingerprint density at radius 3 is 2.39 bits per heavy atom. The molecule has 0 bridgehead atoms. The van der Waals surface area contributed by atoms with Gasteiger partial charge in [0.05, 0.1) is 64.9 Å². The molecule has 33 heavy (non-hydrogen) atoms. The smallest absolute Gasteiger partial charge is 0.315 e. The Morgan fingerprint density at radius 1 is 1.03 bits per heavy atom. The van der Waals surface area contributed by atoms with Crippen LogP contribution in [0.2, 0.25) is 0 Å². The van der Waals surface area contributed by atoms with E-state index in [9.17, 15) is 9.59 Å². The number of urea groups is 1. The molecule has 0 spiro atoms. The highest BCUT2D eigenvalue weighted by Gasteiger charge is 2.42. The van der Waals surface area contributed by atoms with Gasteiger partial charge in [0, 0.05) is 35.4 Å². The molecule has 2 aliphatic heterocycles. The summed E-state index contributed by atoms with van der Waals surface area (Å²) in [5, 5.41) is 12.6. The van der Waals surface area contributed by atoms with Crippen molar-refractivity contribution in [3.8, 4) is 0 Å². The van der Waals surface area contributed by atoms with Crippen molar-refractivity contribution in [1.29, 1.82) is 0 Å². The standard InChI is InChI=1S/C20H36N6O6S/c21-26-23-6-8-30-10-12-32-14-13-31-11-9-29-7-5-22-18(27)4-2-1-3-17-19-16(15-33-17)24-20(28)25-19/h16-17,19H,1-15H2,(H,22,27)(H2,24,25,28)/t16-,17+,19+/m0/s1. The lowest BCUT2D eigenvalue weighted by Crippen LogP contribution is -2.36. The number of rotatable bonds is 20. The van der Waals surface area contributed by atoms with Gasteiger partial charge in [0.25, 0.3) is 0 Å². The first kappa shape index (κ1) is 27.5. The van der Waals surface area contributed by atoms with Gasteiger partial charge in [0.2, 0.25) is 5.91 Å². The minimum Gasteiger partial charge on any atom is -0.379 e. The molecule has 2 fully saturated rings. The predicted octanol–water partition coefficient (Wildman–Crippen LogP) is 1.21. The molecule has 0 aromatic rings. The number of amides is 3. The van der Waals surface area contributed by atoms with Crippen LogP contribution in [0.1, 0.15) is 25.7 Å². The average Bonchev–Trinajstić information content (AvgIpc) is 3.35. The summed E-state index contributed by atoms with van der Waals surface area (Å²) in [6.45, 7) is 4.45. The first-order valence-corrected chi connectivity index (χ1v) is 12.5. The molecule has 2 saturated heterocycles. The summed E-state index contributed by atoms with van der Waals surface area (Å²) in [4.78, 5) is 25.9. The van der Waals surface area contributed by atoms with Crippen LogP contribution in [0.15, 0.2) is 5.11 Å². The van der Waals surface area contributed by atoms with E-state index >= 15 is 0 Å². The largest absolute Gasteiger partial charge is 0.379 e. The Bertz CT molecular complexity index is 624. The molecule has 3 amide bonds. The first-order chi connectivity index (χ1) is 16.2. The van der Waals surface area contributed by atoms with Gasteiger partial charge in [0.1, 0.15) is 0 Å². The second-order valence-corrected chi connectivity index (χ2v) is 8.89. The second kappa shape index (κ2) is 17.7. The van der Waals surface area contributed by atoms with Crippen molar-refractivity contribution in [2.24, 2.45) is 5.11 Å². The van der Waals surface area contributed by atoms with Crippen molar-refractivity contribution in [3.05, 3.63) is 10.4 Å². The molecule has 0 radical (unpaired) electrons. The molecule has 0 aromatic heterocycles. The fourth-order valence-electron chi connectivity index (χ4n) is 3.54. The maximum atomic E-state index is 11.9. The van der Waals surface area contributed by atoms with Crippen LogP contribution in [0.3, 0.4) is 0 Å². The Balaban J connectivity index is 1.28. The van der Waals surface area contributed by atoms with Crippen LogP contribution in [0.25, 0.3) is 10.4 Å². The van der Waals surface area contributed by atoms with Gasteiger partial charge in [-0.05, 0) is 18.4 Å². The summed E-state index contributed by atoms with van der Waals surface area (Å²) in [7, 11) is 0. The molecule has 3 atom stereocenters. The number of azide groups is 1. The molecular formula is C20H36N6O6S. The Morgan fingerprint density at radius 2 is 1.70 bits per heavy atom. The van der Waals surface area contributed by atoms with Gasteiger partial charge in [-0.25, -0.2) is 4.79 Å². The highest BCUT2D eigenvalue weighted by molar-refractivity contribution is 8.00. The van der Waals surface area contributed by atoms with E-state index in [0.29, 0.717) is 77.6 Å². The maximum Gasteiger partial charge on any atom is 0.315 e. The zero-order valence-corrected chi connectivity index (χ0v) is 19.9. The normalized spacial score (nSPS) is 21.2. The van der Waals surface area contributed by atoms with Gasteiger partial charge < -0.3 is 34.9 Å². The minimum atomic E-state index is -0.0594. The lowest BCUT2D eigenvalue weighted by molar-refractivity contribution is -0.121. The summed E-state index contributed by atoms with van der Waals surface area (Å²) in [5.41, 5.74) is 8.11. The van der Waals surface area contributed by atoms with Gasteiger partial charge >= 0.3 is 6.03 Å². The summed E-state index contributed by atoms with van der Waals surface area (Å²) in [6.07, 6.45) is 3.35. The van der Waals surface area contributed by atoms with Gasteiger partial charge in [-0.1, -0.05) is 11.5 Å². The second-order valence-electron chi connectivity index (χ2n) is 7.62. The van der Waals surface area contributed by atoms with Crippen LogP contribution in [-0.4, -0.2) is 101 Å². The molecule has 13 heteroatoms. The fourth-order valence-corrected chi connectivity index (χ4v) is 5.08. The van der Waals surface area contributed by atoms with E-state index in [1.807, 2.05) is 11.8 Å². The molecular weight excluding hydrogens is 452 g/mol. The highest BCUT2D eigenvalue weighted by Crippen LogP contribution is 2.33. The average molecular weight is 489 g/mol. The number of thioether (sulfide) groups is 1. The number of hydrogen-bond acceptors (Lipinski definition) is 8. The monoisotopic (exact) mass is 488 g/mol. The van der Waals surface area contributed by atoms with Gasteiger partial charge in [-0.3, -0.25) is 4.79 Å². The van der Waals surface area contributed by atoms with Crippen LogP contribution >= 0.6 is 11.8 Å². The van der Waals surface area contributed by atoms with Crippen LogP contribution < -0.4 is 16.0 Å². The van der Waals surface area contributed by atoms with Crippen LogP contribution in [0, 0.1) is 0 Å². The van der Waals surface area contributed by atoms with E-state index in [1.54, 1.807) is 0 Å². The van der Waals surface area contributed by atoms with Crippen molar-refractivity contribution in [2.75, 3.05) is 71.7 Å². The third-order valence-corrected chi connectivity index (χ3v) is 6.67. The van der Waals surface area contributed by atoms with Gasteiger partial charge in [-0.15, -0.1) is 0 Å². The zero-order chi connectivity index (χ0) is 23.6. The third kappa shape index (κ3) is 12.3. The number of hydrogen-bond donors (Lipinski definition) is 3. The molecule has 0 aromatic carbocycles. The molecule has 2 aliphatic rings. The molecule has 2 rings (SSSR count). The van der Waals surface area contributed by atoms with Crippen LogP contribution in [-0.2, 0) is 23.7 Å². The number of nitrogens with zero attached hydrogens (tertiary/aromatic N) is 3. The number of ether oxygens (including phenoxy) is 4. The van der Waals surface area contributed by atoms with Crippen LogP contribution in [0.5, 0.6) is 0 Å². The minimum absolute atomic E-state index is 0.0431. The third-order valence-electron chi connectivity index (χ3n) is 5.16. The van der Waals surface area contributed by atoms with Gasteiger partial charge in [0.15, 0.2) is 0 Å². The molecule has 2 heterocycles. The molecule has 0 unspecified atom stereocenters. The number of unbranched alkanes of at least 4 members (excludes halogenated alkanes) is 1. The number of nitrogens with one attached hydrogen (secondary N) is 3. The molecule has 188 valence electrons. The topological polar surface area (TPSA) is 156 Å². The number of carbonyl (C=O) groups excluding carboxylic acids is 2. The highest BCUT2D eigenvalue weighted by atomic mass is 32.2. The van der Waals surface area contributed by atoms with E-state index in [4.69, 9.17) is 24.5 Å². The summed E-state index contributed by atoms with van der Waals surface area (Å²) in [5.74, 6) is 1.01. The summed E-state index contributed by atoms with van der Waals surface area (Å²) >= 11 is 1.90. The van der Waals surface area contributed by atoms with E-state index in [0.717, 1.165) is 25.0 Å². The number of fused-ring (bicyclic) bond motifs is 1. The first-order valence-electron chi connectivity index (χ1n) is 11.5. The van der Waals surface area contributed by atoms with Crippen molar-refractivity contribution < 1.29 is 28.5 Å². The Hall–Kier alpha value is -1.76. The lowest BCUT2D eigenvalue weighted by atomic mass is 10.0. The maximum absolute atomic E-state index is 11.9.